The Labute approximate surface area is 142 Å². The molecule has 1 N–H and O–H groups in total. The van der Waals surface area contributed by atoms with Gasteiger partial charge in [-0.15, -0.1) is 0 Å². The van der Waals surface area contributed by atoms with Crippen molar-refractivity contribution in [3.05, 3.63) is 65.7 Å². The van der Waals surface area contributed by atoms with Crippen molar-refractivity contribution in [2.45, 2.75) is 19.5 Å². The van der Waals surface area contributed by atoms with E-state index in [0.29, 0.717) is 6.54 Å². The van der Waals surface area contributed by atoms with Crippen LogP contribution in [0.5, 0.6) is 5.75 Å². The van der Waals surface area contributed by atoms with Crippen LogP contribution in [-0.2, 0) is 16.1 Å². The van der Waals surface area contributed by atoms with E-state index in [4.69, 9.17) is 4.74 Å². The standard InChI is InChI=1S/C19H22N2O3/c1-14(22)21(13-15-9-11-17(24-3)12-10-15)18(19(23)20-2)16-7-5-4-6-8-16/h4-12,18H,13H2,1-3H3,(H,20,23). The summed E-state index contributed by atoms with van der Waals surface area (Å²) in [6, 6.07) is 16.1. The molecule has 126 valence electrons. The van der Waals surface area contributed by atoms with Crippen LogP contribution >= 0.6 is 0 Å². The van der Waals surface area contributed by atoms with E-state index >= 15 is 0 Å². The molecule has 0 aliphatic rings. The lowest BCUT2D eigenvalue weighted by Crippen LogP contribution is -2.41. The molecule has 0 aliphatic heterocycles. The van der Waals surface area contributed by atoms with Crippen molar-refractivity contribution in [2.24, 2.45) is 0 Å². The maximum Gasteiger partial charge on any atom is 0.247 e. The molecule has 1 atom stereocenters. The Bertz CT molecular complexity index is 684. The maximum atomic E-state index is 12.4. The predicted octanol–water partition coefficient (Wildman–Crippen LogP) is 2.53. The molecule has 5 nitrogen and oxygen atoms in total. The number of carbonyl (C=O) groups is 2. The highest BCUT2D eigenvalue weighted by Crippen LogP contribution is 2.24. The number of hydrogen-bond acceptors (Lipinski definition) is 3. The molecule has 5 heteroatoms. The Kier molecular flexibility index (Phi) is 5.95. The highest BCUT2D eigenvalue weighted by atomic mass is 16.5. The van der Waals surface area contributed by atoms with Crippen molar-refractivity contribution in [2.75, 3.05) is 14.2 Å². The van der Waals surface area contributed by atoms with Gasteiger partial charge in [0.25, 0.3) is 0 Å². The van der Waals surface area contributed by atoms with Crippen LogP contribution < -0.4 is 10.1 Å². The fraction of sp³-hybridized carbons (Fsp3) is 0.263. The molecule has 1 unspecified atom stereocenters. The lowest BCUT2D eigenvalue weighted by Gasteiger charge is -2.30. The van der Waals surface area contributed by atoms with E-state index < -0.39 is 6.04 Å². The second-order valence-electron chi connectivity index (χ2n) is 5.42. The van der Waals surface area contributed by atoms with Gasteiger partial charge in [0, 0.05) is 20.5 Å². The Morgan fingerprint density at radius 2 is 1.71 bits per heavy atom. The summed E-state index contributed by atoms with van der Waals surface area (Å²) in [7, 11) is 3.18. The lowest BCUT2D eigenvalue weighted by molar-refractivity contribution is -0.139. The van der Waals surface area contributed by atoms with E-state index in [9.17, 15) is 9.59 Å². The fourth-order valence-electron chi connectivity index (χ4n) is 2.56. The van der Waals surface area contributed by atoms with Crippen molar-refractivity contribution in [1.82, 2.24) is 10.2 Å². The molecule has 0 aliphatic carbocycles. The highest BCUT2D eigenvalue weighted by molar-refractivity contribution is 5.87. The average molecular weight is 326 g/mol. The monoisotopic (exact) mass is 326 g/mol. The van der Waals surface area contributed by atoms with Gasteiger partial charge in [-0.25, -0.2) is 0 Å². The van der Waals surface area contributed by atoms with Gasteiger partial charge >= 0.3 is 0 Å². The second-order valence-corrected chi connectivity index (χ2v) is 5.42. The Morgan fingerprint density at radius 1 is 1.08 bits per heavy atom. The largest absolute Gasteiger partial charge is 0.497 e. The van der Waals surface area contributed by atoms with Crippen LogP contribution in [0.15, 0.2) is 54.6 Å². The quantitative estimate of drug-likeness (QED) is 0.887. The smallest absolute Gasteiger partial charge is 0.247 e. The van der Waals surface area contributed by atoms with E-state index in [2.05, 4.69) is 5.32 Å². The summed E-state index contributed by atoms with van der Waals surface area (Å²) in [4.78, 5) is 26.2. The number of benzene rings is 2. The Balaban J connectivity index is 2.34. The molecule has 2 aromatic rings. The number of nitrogens with zero attached hydrogens (tertiary/aromatic N) is 1. The van der Waals surface area contributed by atoms with E-state index in [1.165, 1.54) is 6.92 Å². The zero-order valence-corrected chi connectivity index (χ0v) is 14.2. The second kappa shape index (κ2) is 8.15. The van der Waals surface area contributed by atoms with Crippen molar-refractivity contribution in [1.29, 1.82) is 0 Å². The molecule has 0 fully saturated rings. The van der Waals surface area contributed by atoms with Crippen molar-refractivity contribution < 1.29 is 14.3 Å². The normalized spacial score (nSPS) is 11.5. The first-order valence-corrected chi connectivity index (χ1v) is 7.73. The maximum absolute atomic E-state index is 12.4. The summed E-state index contributed by atoms with van der Waals surface area (Å²) in [5.41, 5.74) is 1.70. The van der Waals surface area contributed by atoms with Crippen LogP contribution in [0.3, 0.4) is 0 Å². The van der Waals surface area contributed by atoms with Crippen LogP contribution in [0, 0.1) is 0 Å². The zero-order chi connectivity index (χ0) is 17.5. The third-order valence-corrected chi connectivity index (χ3v) is 3.84. The third kappa shape index (κ3) is 4.13. The lowest BCUT2D eigenvalue weighted by atomic mass is 10.0. The molecule has 2 amide bonds. The number of rotatable bonds is 6. The summed E-state index contributed by atoms with van der Waals surface area (Å²) in [5, 5.41) is 2.65. The van der Waals surface area contributed by atoms with Gasteiger partial charge < -0.3 is 15.0 Å². The van der Waals surface area contributed by atoms with E-state index in [0.717, 1.165) is 16.9 Å². The molecule has 0 heterocycles. The summed E-state index contributed by atoms with van der Waals surface area (Å²) in [6.07, 6.45) is 0. The highest BCUT2D eigenvalue weighted by Gasteiger charge is 2.28. The van der Waals surface area contributed by atoms with Gasteiger partial charge in [-0.05, 0) is 23.3 Å². The van der Waals surface area contributed by atoms with Crippen LogP contribution in [0.1, 0.15) is 24.1 Å². The molecule has 2 aromatic carbocycles. The van der Waals surface area contributed by atoms with Gasteiger partial charge in [0.2, 0.25) is 11.8 Å². The van der Waals surface area contributed by atoms with E-state index in [-0.39, 0.29) is 11.8 Å². The van der Waals surface area contributed by atoms with Crippen LogP contribution in [-0.4, -0.2) is 30.9 Å². The molecule has 0 bridgehead atoms. The number of ether oxygens (including phenoxy) is 1. The molecule has 0 spiro atoms. The number of nitrogens with one attached hydrogen (secondary N) is 1. The van der Waals surface area contributed by atoms with Gasteiger partial charge in [-0.1, -0.05) is 42.5 Å². The molecule has 24 heavy (non-hydrogen) atoms. The van der Waals surface area contributed by atoms with Gasteiger partial charge in [-0.2, -0.15) is 0 Å². The van der Waals surface area contributed by atoms with Crippen LogP contribution in [0.25, 0.3) is 0 Å². The fourth-order valence-corrected chi connectivity index (χ4v) is 2.56. The Hall–Kier alpha value is -2.82. The Morgan fingerprint density at radius 3 is 2.21 bits per heavy atom. The molecule has 0 radical (unpaired) electrons. The number of amides is 2. The number of methoxy groups -OCH3 is 1. The minimum atomic E-state index is -0.671. The minimum Gasteiger partial charge on any atom is -0.497 e. The summed E-state index contributed by atoms with van der Waals surface area (Å²) in [5.74, 6) is 0.368. The summed E-state index contributed by atoms with van der Waals surface area (Å²) >= 11 is 0. The van der Waals surface area contributed by atoms with Crippen molar-refractivity contribution in [3.63, 3.8) is 0 Å². The zero-order valence-electron chi connectivity index (χ0n) is 14.2. The van der Waals surface area contributed by atoms with E-state index in [1.54, 1.807) is 19.1 Å². The first-order chi connectivity index (χ1) is 11.6. The van der Waals surface area contributed by atoms with Crippen molar-refractivity contribution in [3.8, 4) is 5.75 Å². The van der Waals surface area contributed by atoms with Gasteiger partial charge in [0.1, 0.15) is 11.8 Å². The van der Waals surface area contributed by atoms with Crippen LogP contribution in [0.2, 0.25) is 0 Å². The predicted molar refractivity (Wildman–Crippen MR) is 92.5 cm³/mol. The summed E-state index contributed by atoms with van der Waals surface area (Å²) in [6.45, 7) is 1.81. The van der Waals surface area contributed by atoms with Gasteiger partial charge in [-0.3, -0.25) is 9.59 Å². The van der Waals surface area contributed by atoms with Gasteiger partial charge in [0.15, 0.2) is 0 Å². The minimum absolute atomic E-state index is 0.164. The molecular formula is C19H22N2O3. The average Bonchev–Trinajstić information content (AvgIpc) is 2.62. The molecule has 0 saturated carbocycles. The van der Waals surface area contributed by atoms with E-state index in [1.807, 2.05) is 54.6 Å². The topological polar surface area (TPSA) is 58.6 Å². The molecular weight excluding hydrogens is 304 g/mol. The number of carbonyl (C=O) groups excluding carboxylic acids is 2. The first kappa shape index (κ1) is 17.5. The van der Waals surface area contributed by atoms with Crippen LogP contribution in [0.4, 0.5) is 0 Å². The molecule has 0 aromatic heterocycles. The molecule has 0 saturated heterocycles. The third-order valence-electron chi connectivity index (χ3n) is 3.84. The van der Waals surface area contributed by atoms with Crippen molar-refractivity contribution >= 4 is 11.8 Å². The number of likely N-dealkylation sites (N-methyl/N-ethyl adjacent to an activating group) is 1. The van der Waals surface area contributed by atoms with Gasteiger partial charge in [0.05, 0.1) is 7.11 Å². The molecule has 2 rings (SSSR count). The summed E-state index contributed by atoms with van der Waals surface area (Å²) < 4.78 is 5.15. The number of hydrogen-bond donors (Lipinski definition) is 1. The first-order valence-electron chi connectivity index (χ1n) is 7.73. The SMILES string of the molecule is CNC(=O)C(c1ccccc1)N(Cc1ccc(OC)cc1)C(C)=O.